The van der Waals surface area contributed by atoms with Crippen LogP contribution in [0.4, 0.5) is 4.79 Å². The third-order valence-corrected chi connectivity index (χ3v) is 6.41. The molecule has 1 aromatic heterocycles. The fourth-order valence-electron chi connectivity index (χ4n) is 3.87. The summed E-state index contributed by atoms with van der Waals surface area (Å²) in [6, 6.07) is 7.50. The van der Waals surface area contributed by atoms with Gasteiger partial charge in [-0.2, -0.15) is 0 Å². The third-order valence-electron chi connectivity index (χ3n) is 5.39. The smallest absolute Gasteiger partial charge is 0.325 e. The Balaban J connectivity index is 1.34. The number of aromatic nitrogens is 1. The molecule has 2 aliphatic rings. The summed E-state index contributed by atoms with van der Waals surface area (Å²) in [6.07, 6.45) is 3.41. The highest BCUT2D eigenvalue weighted by Gasteiger charge is 2.52. The van der Waals surface area contributed by atoms with Crippen LogP contribution in [0.5, 0.6) is 0 Å². The number of amides is 4. The highest BCUT2D eigenvalue weighted by molar-refractivity contribution is 7.18. The van der Waals surface area contributed by atoms with E-state index in [0.29, 0.717) is 19.4 Å². The van der Waals surface area contributed by atoms with Crippen LogP contribution in [-0.4, -0.2) is 51.8 Å². The Hall–Kier alpha value is -2.48. The van der Waals surface area contributed by atoms with Crippen LogP contribution in [-0.2, 0) is 16.1 Å². The molecule has 2 heterocycles. The molecule has 2 fully saturated rings. The lowest BCUT2D eigenvalue weighted by Gasteiger charge is -2.20. The number of thiazole rings is 1. The summed E-state index contributed by atoms with van der Waals surface area (Å²) in [5, 5.41) is 3.71. The molecule has 1 saturated heterocycles. The largest absolute Gasteiger partial charge is 0.339 e. The molecule has 142 valence electrons. The number of hydrogen-bond acceptors (Lipinski definition) is 5. The summed E-state index contributed by atoms with van der Waals surface area (Å²) in [5.74, 6) is -0.283. The molecule has 8 heteroatoms. The summed E-state index contributed by atoms with van der Waals surface area (Å²) >= 11 is 1.57. The molecule has 0 unspecified atom stereocenters. The van der Waals surface area contributed by atoms with Crippen LogP contribution in [0.3, 0.4) is 0 Å². The van der Waals surface area contributed by atoms with E-state index in [1.54, 1.807) is 23.3 Å². The summed E-state index contributed by atoms with van der Waals surface area (Å²) in [5.41, 5.74) is 0.215. The highest BCUT2D eigenvalue weighted by atomic mass is 32.1. The lowest BCUT2D eigenvalue weighted by Crippen LogP contribution is -2.44. The van der Waals surface area contributed by atoms with Gasteiger partial charge in [0.25, 0.3) is 5.91 Å². The van der Waals surface area contributed by atoms with Crippen molar-refractivity contribution in [1.29, 1.82) is 0 Å². The molecule has 1 aliphatic heterocycles. The second-order valence-corrected chi connectivity index (χ2v) is 8.37. The topological polar surface area (TPSA) is 82.6 Å². The second-order valence-electron chi connectivity index (χ2n) is 7.25. The Morgan fingerprint density at radius 1 is 1.30 bits per heavy atom. The minimum Gasteiger partial charge on any atom is -0.339 e. The minimum atomic E-state index is -0.715. The van der Waals surface area contributed by atoms with E-state index in [9.17, 15) is 14.4 Å². The number of imide groups is 1. The van der Waals surface area contributed by atoms with Gasteiger partial charge in [0.1, 0.15) is 10.5 Å². The van der Waals surface area contributed by atoms with Gasteiger partial charge >= 0.3 is 6.03 Å². The Bertz CT molecular complexity index is 870. The van der Waals surface area contributed by atoms with E-state index in [0.717, 1.165) is 28.1 Å². The van der Waals surface area contributed by atoms with Crippen molar-refractivity contribution in [2.24, 2.45) is 0 Å². The molecule has 1 aliphatic carbocycles. The van der Waals surface area contributed by atoms with Gasteiger partial charge in [-0.3, -0.25) is 14.5 Å². The Kier molecular flexibility index (Phi) is 4.59. The van der Waals surface area contributed by atoms with Crippen molar-refractivity contribution in [3.8, 4) is 0 Å². The van der Waals surface area contributed by atoms with Crippen molar-refractivity contribution in [3.05, 3.63) is 29.3 Å². The first-order valence-corrected chi connectivity index (χ1v) is 10.0. The lowest BCUT2D eigenvalue weighted by atomic mass is 9.98. The van der Waals surface area contributed by atoms with E-state index in [-0.39, 0.29) is 30.8 Å². The van der Waals surface area contributed by atoms with Gasteiger partial charge in [-0.15, -0.1) is 11.3 Å². The maximum absolute atomic E-state index is 12.6. The molecule has 0 bridgehead atoms. The van der Waals surface area contributed by atoms with Gasteiger partial charge in [0.05, 0.1) is 16.8 Å². The number of nitrogens with one attached hydrogen (secondary N) is 1. The normalized spacial score (nSPS) is 18.5. The number of nitrogens with zero attached hydrogens (tertiary/aromatic N) is 3. The number of urea groups is 1. The molecule has 0 atom stereocenters. The van der Waals surface area contributed by atoms with Gasteiger partial charge in [0.15, 0.2) is 0 Å². The van der Waals surface area contributed by atoms with E-state index < -0.39 is 5.54 Å². The van der Waals surface area contributed by atoms with Crippen molar-refractivity contribution in [2.75, 3.05) is 13.6 Å². The fraction of sp³-hybridized carbons (Fsp3) is 0.474. The molecule has 27 heavy (non-hydrogen) atoms. The van der Waals surface area contributed by atoms with E-state index in [1.165, 1.54) is 4.90 Å². The van der Waals surface area contributed by atoms with Gasteiger partial charge in [0.2, 0.25) is 5.91 Å². The predicted molar refractivity (Wildman–Crippen MR) is 102 cm³/mol. The Morgan fingerprint density at radius 2 is 2.04 bits per heavy atom. The monoisotopic (exact) mass is 386 g/mol. The average Bonchev–Trinajstić information content (AvgIpc) is 3.33. The molecule has 7 nitrogen and oxygen atoms in total. The zero-order chi connectivity index (χ0) is 19.0. The number of hydrogen-bond donors (Lipinski definition) is 1. The summed E-state index contributed by atoms with van der Waals surface area (Å²) < 4.78 is 1.09. The van der Waals surface area contributed by atoms with Gasteiger partial charge in [0, 0.05) is 20.0 Å². The zero-order valence-electron chi connectivity index (χ0n) is 15.2. The van der Waals surface area contributed by atoms with Gasteiger partial charge in [-0.1, -0.05) is 25.0 Å². The molecule has 1 saturated carbocycles. The zero-order valence-corrected chi connectivity index (χ0v) is 16.1. The first-order chi connectivity index (χ1) is 13.0. The minimum absolute atomic E-state index is 0.109. The standard InChI is InChI=1S/C19H22N4O3S/c1-22(12-15-20-13-6-2-3-7-14(13)27-15)16(24)8-11-23-17(25)19(21-18(23)26)9-4-5-10-19/h2-3,6-7H,4-5,8-12H2,1H3,(H,21,26). The molecule has 0 radical (unpaired) electrons. The number of para-hydroxylation sites is 1. The predicted octanol–water partition coefficient (Wildman–Crippen LogP) is 2.51. The van der Waals surface area contributed by atoms with Crippen LogP contribution in [0, 0.1) is 0 Å². The van der Waals surface area contributed by atoms with Crippen LogP contribution >= 0.6 is 11.3 Å². The molecule has 1 spiro atoms. The lowest BCUT2D eigenvalue weighted by molar-refractivity contribution is -0.133. The number of carbonyl (C=O) groups excluding carboxylic acids is 3. The van der Waals surface area contributed by atoms with Crippen LogP contribution in [0.2, 0.25) is 0 Å². The van der Waals surface area contributed by atoms with E-state index in [4.69, 9.17) is 0 Å². The maximum atomic E-state index is 12.6. The molecular formula is C19H22N4O3S. The van der Waals surface area contributed by atoms with E-state index >= 15 is 0 Å². The average molecular weight is 386 g/mol. The quantitative estimate of drug-likeness (QED) is 0.801. The number of carbonyl (C=O) groups is 3. The number of rotatable bonds is 5. The van der Waals surface area contributed by atoms with Crippen LogP contribution in [0.25, 0.3) is 10.2 Å². The molecule has 2 aromatic rings. The molecule has 4 amide bonds. The Morgan fingerprint density at radius 3 is 2.78 bits per heavy atom. The molecule has 1 aromatic carbocycles. The first kappa shape index (κ1) is 17.9. The SMILES string of the molecule is CN(Cc1nc2ccccc2s1)C(=O)CCN1C(=O)NC2(CCCC2)C1=O. The molecule has 4 rings (SSSR count). The number of fused-ring (bicyclic) bond motifs is 1. The van der Waals surface area contributed by atoms with Crippen molar-refractivity contribution < 1.29 is 14.4 Å². The van der Waals surface area contributed by atoms with Gasteiger partial charge in [-0.25, -0.2) is 9.78 Å². The van der Waals surface area contributed by atoms with Gasteiger partial charge < -0.3 is 10.2 Å². The maximum Gasteiger partial charge on any atom is 0.325 e. The van der Waals surface area contributed by atoms with Crippen LogP contribution < -0.4 is 5.32 Å². The van der Waals surface area contributed by atoms with Gasteiger partial charge in [-0.05, 0) is 25.0 Å². The molecule has 1 N–H and O–H groups in total. The van der Waals surface area contributed by atoms with Crippen molar-refractivity contribution in [2.45, 2.75) is 44.2 Å². The number of benzene rings is 1. The molecular weight excluding hydrogens is 364 g/mol. The third kappa shape index (κ3) is 3.29. The summed E-state index contributed by atoms with van der Waals surface area (Å²) in [7, 11) is 1.72. The fourth-order valence-corrected chi connectivity index (χ4v) is 4.89. The van der Waals surface area contributed by atoms with Crippen molar-refractivity contribution in [3.63, 3.8) is 0 Å². The van der Waals surface area contributed by atoms with Crippen molar-refractivity contribution in [1.82, 2.24) is 20.1 Å². The van der Waals surface area contributed by atoms with Crippen LogP contribution in [0.1, 0.15) is 37.1 Å². The first-order valence-electron chi connectivity index (χ1n) is 9.21. The highest BCUT2D eigenvalue weighted by Crippen LogP contribution is 2.35. The Labute approximate surface area is 161 Å². The van der Waals surface area contributed by atoms with E-state index in [2.05, 4.69) is 10.3 Å². The summed E-state index contributed by atoms with van der Waals surface area (Å²) in [4.78, 5) is 44.6. The van der Waals surface area contributed by atoms with Crippen LogP contribution in [0.15, 0.2) is 24.3 Å². The second kappa shape index (κ2) is 6.92. The summed E-state index contributed by atoms with van der Waals surface area (Å²) in [6.45, 7) is 0.539. The van der Waals surface area contributed by atoms with E-state index in [1.807, 2.05) is 24.3 Å². The van der Waals surface area contributed by atoms with Crippen molar-refractivity contribution >= 4 is 39.4 Å².